The van der Waals surface area contributed by atoms with Gasteiger partial charge in [-0.15, -0.1) is 0 Å². The van der Waals surface area contributed by atoms with E-state index in [0.717, 1.165) is 33.4 Å². The monoisotopic (exact) mass is 386 g/mol. The normalized spacial score (nSPS) is 16.5. The van der Waals surface area contributed by atoms with E-state index in [9.17, 15) is 4.79 Å². The molecule has 0 spiro atoms. The molecule has 4 heteroatoms. The van der Waals surface area contributed by atoms with Crippen LogP contribution in [0.25, 0.3) is 0 Å². The van der Waals surface area contributed by atoms with E-state index in [4.69, 9.17) is 0 Å². The summed E-state index contributed by atoms with van der Waals surface area (Å²) in [6, 6.07) is 10.4. The zero-order chi connectivity index (χ0) is 17.4. The van der Waals surface area contributed by atoms with Gasteiger partial charge in [0.25, 0.3) is 5.91 Å². The minimum atomic E-state index is 0.0510. The molecule has 24 heavy (non-hydrogen) atoms. The zero-order valence-corrected chi connectivity index (χ0v) is 16.2. The molecule has 3 nitrogen and oxygen atoms in total. The fourth-order valence-electron chi connectivity index (χ4n) is 3.10. The molecule has 0 aliphatic carbocycles. The molecule has 1 unspecified atom stereocenters. The number of amides is 1. The Bertz CT molecular complexity index is 800. The lowest BCUT2D eigenvalue weighted by molar-refractivity contribution is 0.0984. The molecule has 2 aromatic rings. The Morgan fingerprint density at radius 2 is 1.92 bits per heavy atom. The molecule has 0 saturated carbocycles. The summed E-state index contributed by atoms with van der Waals surface area (Å²) in [7, 11) is 0. The maximum atomic E-state index is 13.3. The van der Waals surface area contributed by atoms with Crippen LogP contribution < -0.4 is 10.2 Å². The maximum absolute atomic E-state index is 13.3. The average Bonchev–Trinajstić information content (AvgIpc) is 2.56. The highest BCUT2D eigenvalue weighted by molar-refractivity contribution is 9.10. The van der Waals surface area contributed by atoms with Crippen molar-refractivity contribution in [1.82, 2.24) is 0 Å². The quantitative estimate of drug-likeness (QED) is 0.766. The second kappa shape index (κ2) is 6.60. The number of hydrogen-bond acceptors (Lipinski definition) is 2. The molecule has 0 bridgehead atoms. The lowest BCUT2D eigenvalue weighted by Crippen LogP contribution is -2.44. The van der Waals surface area contributed by atoms with Gasteiger partial charge in [0.15, 0.2) is 0 Å². The van der Waals surface area contributed by atoms with Crippen molar-refractivity contribution in [2.75, 3.05) is 16.8 Å². The van der Waals surface area contributed by atoms with Gasteiger partial charge in [0, 0.05) is 17.1 Å². The Hall–Kier alpha value is -1.81. The van der Waals surface area contributed by atoms with Gasteiger partial charge in [0.05, 0.1) is 16.9 Å². The SMILES string of the molecule is CCC1CN(C(=O)c2cc(C)ccc2Br)c2cc(C)c(C)cc2N1. The van der Waals surface area contributed by atoms with Gasteiger partial charge in [0.2, 0.25) is 0 Å². The summed E-state index contributed by atoms with van der Waals surface area (Å²) in [5, 5.41) is 3.57. The number of anilines is 2. The van der Waals surface area contributed by atoms with Crippen LogP contribution >= 0.6 is 15.9 Å². The third-order valence-electron chi connectivity index (χ3n) is 4.76. The number of nitrogens with zero attached hydrogens (tertiary/aromatic N) is 1. The number of nitrogens with one attached hydrogen (secondary N) is 1. The summed E-state index contributed by atoms with van der Waals surface area (Å²) in [4.78, 5) is 15.2. The molecule has 1 aliphatic heterocycles. The number of carbonyl (C=O) groups is 1. The second-order valence-electron chi connectivity index (χ2n) is 6.60. The van der Waals surface area contributed by atoms with Crippen molar-refractivity contribution < 1.29 is 4.79 Å². The highest BCUT2D eigenvalue weighted by Gasteiger charge is 2.29. The fourth-order valence-corrected chi connectivity index (χ4v) is 3.51. The van der Waals surface area contributed by atoms with Crippen LogP contribution in [-0.4, -0.2) is 18.5 Å². The minimum Gasteiger partial charge on any atom is -0.379 e. The first kappa shape index (κ1) is 17.0. The molecule has 1 N–H and O–H groups in total. The number of rotatable bonds is 2. The van der Waals surface area contributed by atoms with Crippen molar-refractivity contribution in [3.8, 4) is 0 Å². The highest BCUT2D eigenvalue weighted by Crippen LogP contribution is 2.35. The van der Waals surface area contributed by atoms with Gasteiger partial charge in [0.1, 0.15) is 0 Å². The topological polar surface area (TPSA) is 32.3 Å². The number of hydrogen-bond donors (Lipinski definition) is 1. The molecule has 0 saturated heterocycles. The van der Waals surface area contributed by atoms with Crippen LogP contribution in [0.1, 0.15) is 40.4 Å². The zero-order valence-electron chi connectivity index (χ0n) is 14.6. The third-order valence-corrected chi connectivity index (χ3v) is 5.45. The molecule has 1 aliphatic rings. The van der Waals surface area contributed by atoms with Crippen LogP contribution in [0, 0.1) is 20.8 Å². The van der Waals surface area contributed by atoms with E-state index in [0.29, 0.717) is 6.54 Å². The van der Waals surface area contributed by atoms with E-state index in [1.54, 1.807) is 0 Å². The molecule has 1 amide bonds. The van der Waals surface area contributed by atoms with Crippen molar-refractivity contribution in [2.45, 2.75) is 40.2 Å². The summed E-state index contributed by atoms with van der Waals surface area (Å²) < 4.78 is 0.843. The van der Waals surface area contributed by atoms with E-state index in [1.807, 2.05) is 30.0 Å². The molecule has 0 fully saturated rings. The van der Waals surface area contributed by atoms with E-state index >= 15 is 0 Å². The molecule has 1 atom stereocenters. The average molecular weight is 387 g/mol. The van der Waals surface area contributed by atoms with Crippen LogP contribution in [0.3, 0.4) is 0 Å². The lowest BCUT2D eigenvalue weighted by atomic mass is 10.0. The van der Waals surface area contributed by atoms with Gasteiger partial charge < -0.3 is 10.2 Å². The van der Waals surface area contributed by atoms with E-state index in [-0.39, 0.29) is 11.9 Å². The van der Waals surface area contributed by atoms with Crippen LogP contribution in [0.4, 0.5) is 11.4 Å². The van der Waals surface area contributed by atoms with E-state index in [1.165, 1.54) is 11.1 Å². The smallest absolute Gasteiger partial charge is 0.259 e. The standard InChI is InChI=1S/C20H23BrN2O/c1-5-15-11-23(19-10-14(4)13(3)9-18(19)22-15)20(24)16-8-12(2)6-7-17(16)21/h6-10,15,22H,5,11H2,1-4H3. The Morgan fingerprint density at radius 1 is 1.21 bits per heavy atom. The van der Waals surface area contributed by atoms with Gasteiger partial charge in [-0.2, -0.15) is 0 Å². The number of halogens is 1. The Kier molecular flexibility index (Phi) is 4.68. The number of aryl methyl sites for hydroxylation is 3. The van der Waals surface area contributed by atoms with Crippen molar-refractivity contribution in [3.63, 3.8) is 0 Å². The van der Waals surface area contributed by atoms with Gasteiger partial charge in [-0.3, -0.25) is 4.79 Å². The van der Waals surface area contributed by atoms with Crippen molar-refractivity contribution in [1.29, 1.82) is 0 Å². The van der Waals surface area contributed by atoms with Crippen molar-refractivity contribution in [2.24, 2.45) is 0 Å². The first-order valence-electron chi connectivity index (χ1n) is 8.36. The van der Waals surface area contributed by atoms with Gasteiger partial charge in [-0.1, -0.05) is 18.6 Å². The lowest BCUT2D eigenvalue weighted by Gasteiger charge is -2.36. The molecule has 3 rings (SSSR count). The molecule has 0 aromatic heterocycles. The molecule has 2 aromatic carbocycles. The summed E-state index contributed by atoms with van der Waals surface area (Å²) >= 11 is 3.53. The predicted molar refractivity (Wildman–Crippen MR) is 104 cm³/mol. The number of carbonyl (C=O) groups excluding carboxylic acids is 1. The summed E-state index contributed by atoms with van der Waals surface area (Å²) in [6.45, 7) is 9.04. The van der Waals surface area contributed by atoms with Gasteiger partial charge >= 0.3 is 0 Å². The third kappa shape index (κ3) is 3.07. The van der Waals surface area contributed by atoms with E-state index in [2.05, 4.69) is 54.2 Å². The van der Waals surface area contributed by atoms with Gasteiger partial charge in [-0.05, 0) is 78.5 Å². The highest BCUT2D eigenvalue weighted by atomic mass is 79.9. The van der Waals surface area contributed by atoms with Crippen molar-refractivity contribution in [3.05, 3.63) is 57.1 Å². The van der Waals surface area contributed by atoms with Crippen LogP contribution in [-0.2, 0) is 0 Å². The summed E-state index contributed by atoms with van der Waals surface area (Å²) in [5.41, 5.74) is 6.27. The Balaban J connectivity index is 2.08. The van der Waals surface area contributed by atoms with E-state index < -0.39 is 0 Å². The molecular formula is C20H23BrN2O. The summed E-state index contributed by atoms with van der Waals surface area (Å²) in [5.74, 6) is 0.0510. The van der Waals surface area contributed by atoms with Crippen molar-refractivity contribution >= 4 is 33.2 Å². The van der Waals surface area contributed by atoms with Crippen LogP contribution in [0.2, 0.25) is 0 Å². The summed E-state index contributed by atoms with van der Waals surface area (Å²) in [6.07, 6.45) is 0.977. The predicted octanol–water partition coefficient (Wildman–Crippen LogP) is 5.23. The molecule has 1 heterocycles. The number of benzene rings is 2. The first-order valence-corrected chi connectivity index (χ1v) is 9.15. The van der Waals surface area contributed by atoms with Gasteiger partial charge in [-0.25, -0.2) is 0 Å². The first-order chi connectivity index (χ1) is 11.4. The van der Waals surface area contributed by atoms with Crippen LogP contribution in [0.5, 0.6) is 0 Å². The maximum Gasteiger partial charge on any atom is 0.259 e. The fraction of sp³-hybridized carbons (Fsp3) is 0.350. The Morgan fingerprint density at radius 3 is 2.62 bits per heavy atom. The largest absolute Gasteiger partial charge is 0.379 e. The second-order valence-corrected chi connectivity index (χ2v) is 7.46. The Labute approximate surface area is 152 Å². The number of fused-ring (bicyclic) bond motifs is 1. The molecular weight excluding hydrogens is 364 g/mol. The molecule has 126 valence electrons. The molecule has 0 radical (unpaired) electrons. The van der Waals surface area contributed by atoms with Crippen LogP contribution in [0.15, 0.2) is 34.8 Å². The minimum absolute atomic E-state index is 0.0510.